The molecule has 1 fully saturated rings. The van der Waals surface area contributed by atoms with Gasteiger partial charge in [-0.1, -0.05) is 0 Å². The highest BCUT2D eigenvalue weighted by Gasteiger charge is 2.41. The van der Waals surface area contributed by atoms with Gasteiger partial charge in [-0.25, -0.2) is 0 Å². The Hall–Kier alpha value is -0.900. The van der Waals surface area contributed by atoms with Crippen molar-refractivity contribution in [2.45, 2.75) is 24.5 Å². The summed E-state index contributed by atoms with van der Waals surface area (Å²) in [5.74, 6) is -2.98. The molecule has 6 nitrogen and oxygen atoms in total. The van der Waals surface area contributed by atoms with Crippen molar-refractivity contribution in [2.75, 3.05) is 19.8 Å². The highest BCUT2D eigenvalue weighted by atomic mass is 19.4. The molecule has 18 heavy (non-hydrogen) atoms. The topological polar surface area (TPSA) is 99.0 Å². The zero-order valence-electron chi connectivity index (χ0n) is 9.22. The second-order valence-electron chi connectivity index (χ2n) is 4.00. The molecular weight excluding hydrogens is 259 g/mol. The molecule has 0 aromatic rings. The molecule has 9 heteroatoms. The minimum Gasteiger partial charge on any atom is -0.394 e. The van der Waals surface area contributed by atoms with Crippen LogP contribution in [0.3, 0.4) is 0 Å². The standard InChI is InChI=1S/C9H14F3NO5/c10-9(11,12)8(17)13-1-4-3-18-5(2-14)7(16)6(4)15/h4-7,14-16H,1-3H2,(H,13,17)/t4-,5+,6+,7-/m0/s1. The van der Waals surface area contributed by atoms with Crippen molar-refractivity contribution >= 4 is 5.91 Å². The Morgan fingerprint density at radius 3 is 2.44 bits per heavy atom. The second-order valence-corrected chi connectivity index (χ2v) is 4.00. The average molecular weight is 273 g/mol. The van der Waals surface area contributed by atoms with E-state index in [1.165, 1.54) is 0 Å². The van der Waals surface area contributed by atoms with Crippen molar-refractivity contribution in [3.8, 4) is 0 Å². The van der Waals surface area contributed by atoms with E-state index in [2.05, 4.69) is 0 Å². The molecule has 1 aliphatic rings. The molecule has 0 aromatic carbocycles. The summed E-state index contributed by atoms with van der Waals surface area (Å²) in [6.07, 6.45) is -8.75. The summed E-state index contributed by atoms with van der Waals surface area (Å²) < 4.78 is 40.7. The van der Waals surface area contributed by atoms with Gasteiger partial charge in [-0.2, -0.15) is 13.2 Å². The lowest BCUT2D eigenvalue weighted by Gasteiger charge is -2.36. The molecule has 0 unspecified atom stereocenters. The first-order chi connectivity index (χ1) is 8.27. The summed E-state index contributed by atoms with van der Waals surface area (Å²) in [7, 11) is 0. The van der Waals surface area contributed by atoms with Crippen molar-refractivity contribution in [1.82, 2.24) is 5.32 Å². The van der Waals surface area contributed by atoms with E-state index in [1.54, 1.807) is 5.32 Å². The second kappa shape index (κ2) is 5.83. The van der Waals surface area contributed by atoms with Gasteiger partial charge in [0.15, 0.2) is 0 Å². The molecular formula is C9H14F3NO5. The maximum atomic E-state index is 11.9. The van der Waals surface area contributed by atoms with Crippen LogP contribution >= 0.6 is 0 Å². The lowest BCUT2D eigenvalue weighted by atomic mass is 9.92. The number of hydrogen-bond donors (Lipinski definition) is 4. The molecule has 1 heterocycles. The van der Waals surface area contributed by atoms with E-state index < -0.39 is 49.5 Å². The number of rotatable bonds is 3. The molecule has 1 amide bonds. The van der Waals surface area contributed by atoms with Crippen LogP contribution in [-0.2, 0) is 9.53 Å². The van der Waals surface area contributed by atoms with E-state index in [1.807, 2.05) is 0 Å². The first-order valence-electron chi connectivity index (χ1n) is 5.21. The third kappa shape index (κ3) is 3.55. The Bertz CT molecular complexity index is 298. The third-order valence-electron chi connectivity index (χ3n) is 2.70. The number of nitrogens with one attached hydrogen (secondary N) is 1. The number of aliphatic hydroxyl groups is 3. The average Bonchev–Trinajstić information content (AvgIpc) is 2.29. The normalized spacial score (nSPS) is 33.2. The molecule has 4 atom stereocenters. The molecule has 0 spiro atoms. The Morgan fingerprint density at radius 1 is 1.33 bits per heavy atom. The van der Waals surface area contributed by atoms with Gasteiger partial charge in [-0.3, -0.25) is 4.79 Å². The van der Waals surface area contributed by atoms with Gasteiger partial charge in [0.25, 0.3) is 0 Å². The predicted octanol–water partition coefficient (Wildman–Crippen LogP) is -1.61. The quantitative estimate of drug-likeness (QED) is 0.496. The number of ether oxygens (including phenoxy) is 1. The fourth-order valence-corrected chi connectivity index (χ4v) is 1.61. The highest BCUT2D eigenvalue weighted by Crippen LogP contribution is 2.20. The summed E-state index contributed by atoms with van der Waals surface area (Å²) in [4.78, 5) is 10.6. The molecule has 1 saturated heterocycles. The minimum atomic E-state index is -4.99. The fourth-order valence-electron chi connectivity index (χ4n) is 1.61. The lowest BCUT2D eigenvalue weighted by Crippen LogP contribution is -2.54. The van der Waals surface area contributed by atoms with Gasteiger partial charge in [0.1, 0.15) is 12.2 Å². The molecule has 1 aliphatic heterocycles. The smallest absolute Gasteiger partial charge is 0.394 e. The van der Waals surface area contributed by atoms with Crippen molar-refractivity contribution in [1.29, 1.82) is 0 Å². The first kappa shape index (κ1) is 15.2. The first-order valence-corrected chi connectivity index (χ1v) is 5.21. The van der Waals surface area contributed by atoms with Crippen LogP contribution < -0.4 is 5.32 Å². The van der Waals surface area contributed by atoms with E-state index >= 15 is 0 Å². The van der Waals surface area contributed by atoms with Crippen LogP contribution in [0.25, 0.3) is 0 Å². The van der Waals surface area contributed by atoms with Gasteiger partial charge in [0.2, 0.25) is 0 Å². The molecule has 0 radical (unpaired) electrons. The summed E-state index contributed by atoms with van der Waals surface area (Å²) in [6, 6.07) is 0. The number of alkyl halides is 3. The van der Waals surface area contributed by atoms with E-state index in [-0.39, 0.29) is 6.61 Å². The molecule has 0 aliphatic carbocycles. The molecule has 0 saturated carbocycles. The van der Waals surface area contributed by atoms with Crippen molar-refractivity contribution in [2.24, 2.45) is 5.92 Å². The zero-order chi connectivity index (χ0) is 13.9. The largest absolute Gasteiger partial charge is 0.471 e. The summed E-state index contributed by atoms with van der Waals surface area (Å²) in [5, 5.41) is 29.4. The predicted molar refractivity (Wildman–Crippen MR) is 51.4 cm³/mol. The highest BCUT2D eigenvalue weighted by molar-refractivity contribution is 5.81. The minimum absolute atomic E-state index is 0.165. The summed E-state index contributed by atoms with van der Waals surface area (Å²) >= 11 is 0. The van der Waals surface area contributed by atoms with E-state index in [4.69, 9.17) is 9.84 Å². The van der Waals surface area contributed by atoms with Crippen LogP contribution in [-0.4, -0.2) is 65.5 Å². The SMILES string of the molecule is O=C(NC[C@H]1CO[C@H](CO)[C@H](O)[C@@H]1O)C(F)(F)F. The van der Waals surface area contributed by atoms with Crippen molar-refractivity contribution in [3.63, 3.8) is 0 Å². The van der Waals surface area contributed by atoms with Crippen molar-refractivity contribution < 1.29 is 38.0 Å². The van der Waals surface area contributed by atoms with E-state index in [9.17, 15) is 28.2 Å². The monoisotopic (exact) mass is 273 g/mol. The van der Waals surface area contributed by atoms with Crippen LogP contribution in [0.15, 0.2) is 0 Å². The maximum Gasteiger partial charge on any atom is 0.471 e. The van der Waals surface area contributed by atoms with Gasteiger partial charge in [0.05, 0.1) is 19.3 Å². The Morgan fingerprint density at radius 2 is 1.94 bits per heavy atom. The fraction of sp³-hybridized carbons (Fsp3) is 0.889. The Kier molecular flexibility index (Phi) is 4.91. The van der Waals surface area contributed by atoms with Gasteiger partial charge in [-0.15, -0.1) is 0 Å². The zero-order valence-corrected chi connectivity index (χ0v) is 9.22. The Labute approximate surface area is 100 Å². The summed E-state index contributed by atoms with van der Waals surface area (Å²) in [6.45, 7) is -1.16. The number of hydrogen-bond acceptors (Lipinski definition) is 5. The van der Waals surface area contributed by atoms with Gasteiger partial charge < -0.3 is 25.4 Å². The van der Waals surface area contributed by atoms with Crippen LogP contribution in [0.4, 0.5) is 13.2 Å². The van der Waals surface area contributed by atoms with Crippen LogP contribution in [0, 0.1) is 5.92 Å². The van der Waals surface area contributed by atoms with Gasteiger partial charge >= 0.3 is 12.1 Å². The number of carbonyl (C=O) groups is 1. The summed E-state index contributed by atoms with van der Waals surface area (Å²) in [5.41, 5.74) is 0. The van der Waals surface area contributed by atoms with Crippen LogP contribution in [0.2, 0.25) is 0 Å². The lowest BCUT2D eigenvalue weighted by molar-refractivity contribution is -0.181. The van der Waals surface area contributed by atoms with Crippen LogP contribution in [0.5, 0.6) is 0 Å². The van der Waals surface area contributed by atoms with E-state index in [0.29, 0.717) is 0 Å². The third-order valence-corrected chi connectivity index (χ3v) is 2.70. The number of carbonyl (C=O) groups excluding carboxylic acids is 1. The van der Waals surface area contributed by atoms with E-state index in [0.717, 1.165) is 0 Å². The molecule has 4 N–H and O–H groups in total. The van der Waals surface area contributed by atoms with Crippen molar-refractivity contribution in [3.05, 3.63) is 0 Å². The number of halogens is 3. The van der Waals surface area contributed by atoms with Gasteiger partial charge in [-0.05, 0) is 0 Å². The van der Waals surface area contributed by atoms with Crippen LogP contribution in [0.1, 0.15) is 0 Å². The molecule has 0 aromatic heterocycles. The maximum absolute atomic E-state index is 11.9. The molecule has 106 valence electrons. The molecule has 1 rings (SSSR count). The number of aliphatic hydroxyl groups excluding tert-OH is 3. The van der Waals surface area contributed by atoms with Gasteiger partial charge in [0, 0.05) is 12.5 Å². The molecule has 0 bridgehead atoms. The Balaban J connectivity index is 2.47. The number of amides is 1.